The van der Waals surface area contributed by atoms with Gasteiger partial charge >= 0.3 is 0 Å². The fourth-order valence-corrected chi connectivity index (χ4v) is 1.62. The first-order valence-electron chi connectivity index (χ1n) is 3.92. The van der Waals surface area contributed by atoms with Crippen LogP contribution in [0.25, 0.3) is 0 Å². The summed E-state index contributed by atoms with van der Waals surface area (Å²) >= 11 is 0. The standard InChI is InChI=1S/C7H11N3O/c11-7-3-1-2-6(7)10-5-4-8-9-10/h4-7,11H,1-3H2. The molecule has 1 heterocycles. The maximum Gasteiger partial charge on any atom is 0.0795 e. The quantitative estimate of drug-likeness (QED) is 0.634. The van der Waals surface area contributed by atoms with E-state index in [1.807, 2.05) is 0 Å². The number of aliphatic hydroxyl groups excluding tert-OH is 1. The molecule has 0 spiro atoms. The van der Waals surface area contributed by atoms with Crippen LogP contribution in [-0.2, 0) is 0 Å². The molecule has 2 atom stereocenters. The molecule has 2 unspecified atom stereocenters. The third kappa shape index (κ3) is 1.14. The summed E-state index contributed by atoms with van der Waals surface area (Å²) in [5, 5.41) is 17.0. The van der Waals surface area contributed by atoms with E-state index in [4.69, 9.17) is 0 Å². The van der Waals surface area contributed by atoms with Crippen LogP contribution in [0.3, 0.4) is 0 Å². The Kier molecular flexibility index (Phi) is 1.62. The van der Waals surface area contributed by atoms with Gasteiger partial charge in [-0.3, -0.25) is 0 Å². The highest BCUT2D eigenvalue weighted by molar-refractivity contribution is 4.82. The Hall–Kier alpha value is -0.900. The van der Waals surface area contributed by atoms with E-state index in [1.54, 1.807) is 17.1 Å². The zero-order valence-corrected chi connectivity index (χ0v) is 6.22. The maximum atomic E-state index is 9.47. The van der Waals surface area contributed by atoms with Crippen LogP contribution in [0.2, 0.25) is 0 Å². The molecule has 1 aromatic heterocycles. The van der Waals surface area contributed by atoms with Crippen LogP contribution in [-0.4, -0.2) is 26.2 Å². The first-order chi connectivity index (χ1) is 5.38. The van der Waals surface area contributed by atoms with E-state index in [1.165, 1.54) is 0 Å². The van der Waals surface area contributed by atoms with Gasteiger partial charge in [0.05, 0.1) is 18.3 Å². The normalized spacial score (nSPS) is 31.0. The summed E-state index contributed by atoms with van der Waals surface area (Å²) in [6.45, 7) is 0. The molecule has 0 amide bonds. The molecule has 0 aromatic carbocycles. The predicted octanol–water partition coefficient (Wildman–Crippen LogP) is 0.364. The van der Waals surface area contributed by atoms with Gasteiger partial charge in [-0.05, 0) is 19.3 Å². The predicted molar refractivity (Wildman–Crippen MR) is 38.9 cm³/mol. The molecular formula is C7H11N3O. The number of nitrogens with zero attached hydrogens (tertiary/aromatic N) is 3. The molecule has 1 fully saturated rings. The molecule has 1 N–H and O–H groups in total. The molecule has 0 saturated heterocycles. The van der Waals surface area contributed by atoms with Gasteiger partial charge < -0.3 is 5.11 Å². The molecule has 11 heavy (non-hydrogen) atoms. The summed E-state index contributed by atoms with van der Waals surface area (Å²) in [7, 11) is 0. The SMILES string of the molecule is OC1CCCC1n1ccnn1. The maximum absolute atomic E-state index is 9.47. The molecule has 4 heteroatoms. The Morgan fingerprint density at radius 2 is 2.36 bits per heavy atom. The third-order valence-corrected chi connectivity index (χ3v) is 2.22. The van der Waals surface area contributed by atoms with Crippen LogP contribution in [0.1, 0.15) is 25.3 Å². The fraction of sp³-hybridized carbons (Fsp3) is 0.714. The summed E-state index contributed by atoms with van der Waals surface area (Å²) < 4.78 is 1.75. The highest BCUT2D eigenvalue weighted by Crippen LogP contribution is 2.28. The Balaban J connectivity index is 2.16. The van der Waals surface area contributed by atoms with Gasteiger partial charge in [0.25, 0.3) is 0 Å². The van der Waals surface area contributed by atoms with Crippen molar-refractivity contribution in [1.82, 2.24) is 15.0 Å². The van der Waals surface area contributed by atoms with E-state index in [0.717, 1.165) is 19.3 Å². The first kappa shape index (κ1) is 6.79. The second-order valence-corrected chi connectivity index (χ2v) is 2.95. The Morgan fingerprint density at radius 3 is 2.91 bits per heavy atom. The second-order valence-electron chi connectivity index (χ2n) is 2.95. The Bertz CT molecular complexity index is 222. The Labute approximate surface area is 64.8 Å². The van der Waals surface area contributed by atoms with Crippen molar-refractivity contribution in [3.8, 4) is 0 Å². The van der Waals surface area contributed by atoms with Crippen molar-refractivity contribution in [3.63, 3.8) is 0 Å². The summed E-state index contributed by atoms with van der Waals surface area (Å²) in [4.78, 5) is 0. The summed E-state index contributed by atoms with van der Waals surface area (Å²) in [6.07, 6.45) is 6.22. The van der Waals surface area contributed by atoms with Gasteiger partial charge in [0.2, 0.25) is 0 Å². The van der Waals surface area contributed by atoms with Crippen LogP contribution >= 0.6 is 0 Å². The van der Waals surface area contributed by atoms with Gasteiger partial charge in [0.1, 0.15) is 0 Å². The van der Waals surface area contributed by atoms with E-state index in [2.05, 4.69) is 10.3 Å². The minimum atomic E-state index is -0.225. The van der Waals surface area contributed by atoms with Crippen molar-refractivity contribution in [2.24, 2.45) is 0 Å². The molecule has 0 bridgehead atoms. The van der Waals surface area contributed by atoms with E-state index >= 15 is 0 Å². The smallest absolute Gasteiger partial charge is 0.0795 e. The molecule has 1 aromatic rings. The lowest BCUT2D eigenvalue weighted by Gasteiger charge is -2.12. The second kappa shape index (κ2) is 2.62. The minimum Gasteiger partial charge on any atom is -0.391 e. The zero-order chi connectivity index (χ0) is 7.68. The largest absolute Gasteiger partial charge is 0.391 e. The number of aromatic nitrogens is 3. The lowest BCUT2D eigenvalue weighted by molar-refractivity contribution is 0.129. The number of aliphatic hydroxyl groups is 1. The van der Waals surface area contributed by atoms with Gasteiger partial charge in [-0.25, -0.2) is 4.68 Å². The first-order valence-corrected chi connectivity index (χ1v) is 3.92. The molecular weight excluding hydrogens is 142 g/mol. The number of hydrogen-bond acceptors (Lipinski definition) is 3. The monoisotopic (exact) mass is 153 g/mol. The average molecular weight is 153 g/mol. The van der Waals surface area contributed by atoms with Gasteiger partial charge in [0.15, 0.2) is 0 Å². The van der Waals surface area contributed by atoms with Crippen molar-refractivity contribution in [2.75, 3.05) is 0 Å². The van der Waals surface area contributed by atoms with Gasteiger partial charge in [-0.1, -0.05) is 5.21 Å². The van der Waals surface area contributed by atoms with Crippen molar-refractivity contribution in [1.29, 1.82) is 0 Å². The topological polar surface area (TPSA) is 50.9 Å². The lowest BCUT2D eigenvalue weighted by Crippen LogP contribution is -2.18. The van der Waals surface area contributed by atoms with Crippen LogP contribution in [0.5, 0.6) is 0 Å². The van der Waals surface area contributed by atoms with Crippen molar-refractivity contribution >= 4 is 0 Å². The lowest BCUT2D eigenvalue weighted by atomic mass is 10.2. The van der Waals surface area contributed by atoms with E-state index in [-0.39, 0.29) is 12.1 Å². The summed E-state index contributed by atoms with van der Waals surface area (Å²) in [5.41, 5.74) is 0. The average Bonchev–Trinajstić information content (AvgIpc) is 2.55. The molecule has 2 rings (SSSR count). The van der Waals surface area contributed by atoms with Crippen LogP contribution in [0.4, 0.5) is 0 Å². The van der Waals surface area contributed by atoms with Crippen molar-refractivity contribution in [3.05, 3.63) is 12.4 Å². The molecule has 60 valence electrons. The van der Waals surface area contributed by atoms with Crippen molar-refractivity contribution in [2.45, 2.75) is 31.4 Å². The highest BCUT2D eigenvalue weighted by Gasteiger charge is 2.26. The van der Waals surface area contributed by atoms with Gasteiger partial charge in [-0.15, -0.1) is 5.10 Å². The molecule has 0 aliphatic heterocycles. The summed E-state index contributed by atoms with van der Waals surface area (Å²) in [5.74, 6) is 0. The van der Waals surface area contributed by atoms with E-state index in [9.17, 15) is 5.11 Å². The van der Waals surface area contributed by atoms with Gasteiger partial charge in [0, 0.05) is 6.20 Å². The molecule has 1 saturated carbocycles. The molecule has 0 radical (unpaired) electrons. The fourth-order valence-electron chi connectivity index (χ4n) is 1.62. The molecule has 1 aliphatic carbocycles. The van der Waals surface area contributed by atoms with Crippen LogP contribution in [0.15, 0.2) is 12.4 Å². The number of rotatable bonds is 1. The minimum absolute atomic E-state index is 0.164. The van der Waals surface area contributed by atoms with E-state index in [0.29, 0.717) is 0 Å². The zero-order valence-electron chi connectivity index (χ0n) is 6.22. The highest BCUT2D eigenvalue weighted by atomic mass is 16.3. The van der Waals surface area contributed by atoms with Crippen LogP contribution < -0.4 is 0 Å². The van der Waals surface area contributed by atoms with E-state index < -0.39 is 0 Å². The van der Waals surface area contributed by atoms with Gasteiger partial charge in [-0.2, -0.15) is 0 Å². The van der Waals surface area contributed by atoms with Crippen molar-refractivity contribution < 1.29 is 5.11 Å². The van der Waals surface area contributed by atoms with Crippen LogP contribution in [0, 0.1) is 0 Å². The molecule has 4 nitrogen and oxygen atoms in total. The summed E-state index contributed by atoms with van der Waals surface area (Å²) in [6, 6.07) is 0.164. The number of hydrogen-bond donors (Lipinski definition) is 1. The Morgan fingerprint density at radius 1 is 1.45 bits per heavy atom. The third-order valence-electron chi connectivity index (χ3n) is 2.22. The molecule has 1 aliphatic rings.